The van der Waals surface area contributed by atoms with E-state index in [1.807, 2.05) is 0 Å². The summed E-state index contributed by atoms with van der Waals surface area (Å²) in [5.41, 5.74) is 1.85. The van der Waals surface area contributed by atoms with Crippen molar-refractivity contribution in [2.45, 2.75) is 30.9 Å². The molecule has 0 aromatic heterocycles. The molecule has 0 aromatic rings. The van der Waals surface area contributed by atoms with Crippen molar-refractivity contribution in [3.63, 3.8) is 0 Å². The number of allylic oxidation sites excluding steroid dienone is 1. The van der Waals surface area contributed by atoms with Gasteiger partial charge in [0, 0.05) is 24.6 Å². The van der Waals surface area contributed by atoms with Gasteiger partial charge in [0.1, 0.15) is 0 Å². The number of hydrogen-bond acceptors (Lipinski definition) is 3. The van der Waals surface area contributed by atoms with Crippen LogP contribution >= 0.6 is 0 Å². The molecule has 3 heterocycles. The van der Waals surface area contributed by atoms with Crippen molar-refractivity contribution in [1.82, 2.24) is 4.90 Å². The smallest absolute Gasteiger partial charge is 0.332 e. The van der Waals surface area contributed by atoms with Gasteiger partial charge in [0.15, 0.2) is 5.60 Å². The Labute approximate surface area is 94.1 Å². The zero-order valence-electron chi connectivity index (χ0n) is 8.98. The quantitative estimate of drug-likeness (QED) is 0.574. The first-order valence-electron chi connectivity index (χ1n) is 5.90. The molecule has 82 valence electrons. The number of carbonyl (C=O) groups is 1. The Morgan fingerprint density at radius 3 is 3.38 bits per heavy atom. The molecule has 3 aliphatic heterocycles. The third kappa shape index (κ3) is 0.833. The maximum Gasteiger partial charge on any atom is 0.332 e. The van der Waals surface area contributed by atoms with E-state index < -0.39 is 5.60 Å². The van der Waals surface area contributed by atoms with Gasteiger partial charge in [0.05, 0.1) is 11.7 Å². The molecule has 0 aromatic carbocycles. The Morgan fingerprint density at radius 2 is 2.44 bits per heavy atom. The fraction of sp³-hybridized carbons (Fsp3) is 0.462. The minimum atomic E-state index is -0.420. The molecule has 4 rings (SSSR count). The first-order valence-corrected chi connectivity index (χ1v) is 5.90. The van der Waals surface area contributed by atoms with Gasteiger partial charge in [-0.2, -0.15) is 0 Å². The summed E-state index contributed by atoms with van der Waals surface area (Å²) in [7, 11) is 0. The fourth-order valence-corrected chi connectivity index (χ4v) is 3.42. The van der Waals surface area contributed by atoms with Crippen molar-refractivity contribution in [3.8, 4) is 0 Å². The van der Waals surface area contributed by atoms with Crippen molar-refractivity contribution in [2.75, 3.05) is 6.54 Å². The maximum absolute atomic E-state index is 11.5. The SMILES string of the molecule is O=C1C=C2C=C[C@@H]3C[C@@]2(O1)C1=CCCCN13. The standard InChI is InChI=1S/C13H13NO2/c15-12-7-9-4-5-10-8-13(9,16-12)11-3-1-2-6-14(10)11/h3-5,7,10H,1-2,6,8H2/t10-,13+/m1/s1. The molecule has 1 spiro atoms. The highest BCUT2D eigenvalue weighted by Gasteiger charge is 2.56. The van der Waals surface area contributed by atoms with E-state index >= 15 is 0 Å². The van der Waals surface area contributed by atoms with Crippen LogP contribution in [0.1, 0.15) is 19.3 Å². The maximum atomic E-state index is 11.5. The zero-order valence-corrected chi connectivity index (χ0v) is 8.98. The fourth-order valence-electron chi connectivity index (χ4n) is 3.42. The van der Waals surface area contributed by atoms with E-state index in [4.69, 9.17) is 4.74 Å². The Morgan fingerprint density at radius 1 is 1.50 bits per heavy atom. The molecule has 1 fully saturated rings. The summed E-state index contributed by atoms with van der Waals surface area (Å²) in [4.78, 5) is 13.9. The van der Waals surface area contributed by atoms with Crippen molar-refractivity contribution in [2.24, 2.45) is 0 Å². The molecule has 2 bridgehead atoms. The van der Waals surface area contributed by atoms with E-state index in [-0.39, 0.29) is 5.97 Å². The van der Waals surface area contributed by atoms with Gasteiger partial charge in [-0.1, -0.05) is 18.2 Å². The molecule has 1 saturated heterocycles. The number of hydrogen-bond donors (Lipinski definition) is 0. The molecule has 0 N–H and O–H groups in total. The van der Waals surface area contributed by atoms with Crippen molar-refractivity contribution in [3.05, 3.63) is 35.6 Å². The van der Waals surface area contributed by atoms with Crippen LogP contribution in [0.2, 0.25) is 0 Å². The summed E-state index contributed by atoms with van der Waals surface area (Å²) in [6.45, 7) is 1.09. The third-order valence-electron chi connectivity index (χ3n) is 4.07. The number of esters is 1. The summed E-state index contributed by atoms with van der Waals surface area (Å²) in [5, 5.41) is 0. The van der Waals surface area contributed by atoms with E-state index in [0.29, 0.717) is 6.04 Å². The molecule has 4 aliphatic rings. The van der Waals surface area contributed by atoms with Crippen LogP contribution in [-0.4, -0.2) is 29.1 Å². The number of ether oxygens (including phenoxy) is 1. The average molecular weight is 215 g/mol. The molecule has 0 radical (unpaired) electrons. The normalized spacial score (nSPS) is 38.9. The summed E-state index contributed by atoms with van der Waals surface area (Å²) < 4.78 is 5.62. The van der Waals surface area contributed by atoms with Gasteiger partial charge in [0.25, 0.3) is 0 Å². The van der Waals surface area contributed by atoms with E-state index in [2.05, 4.69) is 23.1 Å². The second-order valence-electron chi connectivity index (χ2n) is 4.90. The van der Waals surface area contributed by atoms with Crippen molar-refractivity contribution >= 4 is 5.97 Å². The number of carbonyl (C=O) groups excluding carboxylic acids is 1. The predicted octanol–water partition coefficient (Wildman–Crippen LogP) is 1.53. The lowest BCUT2D eigenvalue weighted by molar-refractivity contribution is -0.143. The summed E-state index contributed by atoms with van der Waals surface area (Å²) in [6.07, 6.45) is 11.4. The van der Waals surface area contributed by atoms with Gasteiger partial charge in [0.2, 0.25) is 0 Å². The van der Waals surface area contributed by atoms with Gasteiger partial charge in [-0.15, -0.1) is 0 Å². The lowest BCUT2D eigenvalue weighted by Gasteiger charge is -2.31. The van der Waals surface area contributed by atoms with Crippen LogP contribution < -0.4 is 0 Å². The van der Waals surface area contributed by atoms with Gasteiger partial charge >= 0.3 is 5.97 Å². The van der Waals surface area contributed by atoms with Crippen LogP contribution in [0, 0.1) is 0 Å². The van der Waals surface area contributed by atoms with Gasteiger partial charge in [-0.25, -0.2) is 4.79 Å². The molecule has 0 unspecified atom stereocenters. The minimum absolute atomic E-state index is 0.186. The van der Waals surface area contributed by atoms with E-state index in [1.54, 1.807) is 6.08 Å². The van der Waals surface area contributed by atoms with Crippen LogP contribution in [0.3, 0.4) is 0 Å². The Kier molecular flexibility index (Phi) is 1.40. The minimum Gasteiger partial charge on any atom is -0.444 e. The van der Waals surface area contributed by atoms with Crippen LogP contribution in [0.25, 0.3) is 0 Å². The van der Waals surface area contributed by atoms with Crippen LogP contribution in [0.15, 0.2) is 35.6 Å². The lowest BCUT2D eigenvalue weighted by Crippen LogP contribution is -2.34. The zero-order chi connectivity index (χ0) is 10.8. The van der Waals surface area contributed by atoms with E-state index in [1.165, 1.54) is 12.1 Å². The Bertz CT molecular complexity index is 474. The van der Waals surface area contributed by atoms with Crippen LogP contribution in [0.4, 0.5) is 0 Å². The average Bonchev–Trinajstić information content (AvgIpc) is 2.76. The largest absolute Gasteiger partial charge is 0.444 e. The summed E-state index contributed by atoms with van der Waals surface area (Å²) in [6, 6.07) is 0.426. The number of nitrogens with zero attached hydrogens (tertiary/aromatic N) is 1. The predicted molar refractivity (Wildman–Crippen MR) is 58.5 cm³/mol. The number of rotatable bonds is 0. The van der Waals surface area contributed by atoms with E-state index in [9.17, 15) is 4.79 Å². The summed E-state index contributed by atoms with van der Waals surface area (Å²) >= 11 is 0. The number of fused-ring (bicyclic) bond motifs is 3. The lowest BCUT2D eigenvalue weighted by atomic mass is 9.84. The van der Waals surface area contributed by atoms with Gasteiger partial charge in [-0.05, 0) is 12.8 Å². The Balaban J connectivity index is 1.93. The van der Waals surface area contributed by atoms with Gasteiger partial charge < -0.3 is 9.64 Å². The molecule has 16 heavy (non-hydrogen) atoms. The molecule has 3 heteroatoms. The monoisotopic (exact) mass is 215 g/mol. The van der Waals surface area contributed by atoms with E-state index in [0.717, 1.165) is 25.0 Å². The summed E-state index contributed by atoms with van der Waals surface area (Å²) in [5.74, 6) is -0.186. The molecule has 1 aliphatic carbocycles. The van der Waals surface area contributed by atoms with Crippen molar-refractivity contribution in [1.29, 1.82) is 0 Å². The first-order chi connectivity index (χ1) is 7.79. The molecular formula is C13H13NO2. The molecular weight excluding hydrogens is 202 g/mol. The van der Waals surface area contributed by atoms with Crippen LogP contribution in [0.5, 0.6) is 0 Å². The van der Waals surface area contributed by atoms with Crippen molar-refractivity contribution < 1.29 is 9.53 Å². The third-order valence-corrected chi connectivity index (χ3v) is 4.07. The molecule has 0 amide bonds. The second kappa shape index (κ2) is 2.59. The van der Waals surface area contributed by atoms with Crippen LogP contribution in [-0.2, 0) is 9.53 Å². The molecule has 3 nitrogen and oxygen atoms in total. The second-order valence-corrected chi connectivity index (χ2v) is 4.90. The topological polar surface area (TPSA) is 29.5 Å². The van der Waals surface area contributed by atoms with Gasteiger partial charge in [-0.3, -0.25) is 0 Å². The highest BCUT2D eigenvalue weighted by Crippen LogP contribution is 2.51. The Hall–Kier alpha value is -1.51. The highest BCUT2D eigenvalue weighted by atomic mass is 16.6. The molecule has 0 saturated carbocycles. The highest BCUT2D eigenvalue weighted by molar-refractivity contribution is 5.89. The molecule has 2 atom stereocenters. The first kappa shape index (κ1) is 8.62.